The van der Waals surface area contributed by atoms with Crippen LogP contribution in [0, 0.1) is 23.0 Å². The minimum atomic E-state index is -0.794. The third-order valence-electron chi connectivity index (χ3n) is 5.19. The number of anilines is 2. The van der Waals surface area contributed by atoms with E-state index in [-0.39, 0.29) is 24.6 Å². The second-order valence-electron chi connectivity index (χ2n) is 7.36. The van der Waals surface area contributed by atoms with Crippen LogP contribution in [0.2, 0.25) is 0 Å². The number of aryl methyl sites for hydroxylation is 1. The van der Waals surface area contributed by atoms with E-state index in [1.54, 1.807) is 37.3 Å². The Bertz CT molecular complexity index is 1100. The van der Waals surface area contributed by atoms with Crippen LogP contribution in [0.3, 0.4) is 0 Å². The van der Waals surface area contributed by atoms with Crippen molar-refractivity contribution >= 4 is 34.8 Å². The Balaban J connectivity index is 1.60. The van der Waals surface area contributed by atoms with Gasteiger partial charge in [0.2, 0.25) is 5.91 Å². The first kappa shape index (κ1) is 23.5. The van der Waals surface area contributed by atoms with Crippen LogP contribution in [0.1, 0.15) is 12.0 Å². The van der Waals surface area contributed by atoms with Gasteiger partial charge in [-0.2, -0.15) is 0 Å². The number of rotatable bonds is 8. The van der Waals surface area contributed by atoms with Crippen molar-refractivity contribution in [3.05, 3.63) is 52.1 Å². The van der Waals surface area contributed by atoms with Gasteiger partial charge in [-0.05, 0) is 25.1 Å². The van der Waals surface area contributed by atoms with Crippen LogP contribution >= 0.6 is 0 Å². The molecule has 174 valence electrons. The first-order valence-electron chi connectivity index (χ1n) is 9.97. The number of esters is 1. The number of amides is 2. The smallest absolute Gasteiger partial charge is 0.311 e. The molecule has 1 atom stereocenters. The fourth-order valence-corrected chi connectivity index (χ4v) is 3.43. The molecule has 3 rings (SSSR count). The fourth-order valence-electron chi connectivity index (χ4n) is 3.43. The molecular formula is C22H23N3O8. The molecule has 2 aromatic rings. The van der Waals surface area contributed by atoms with Crippen molar-refractivity contribution in [2.45, 2.75) is 13.3 Å². The number of hydrogen-bond acceptors (Lipinski definition) is 8. The van der Waals surface area contributed by atoms with Gasteiger partial charge in [-0.3, -0.25) is 24.5 Å². The summed E-state index contributed by atoms with van der Waals surface area (Å²) in [7, 11) is 2.93. The molecule has 2 amide bonds. The van der Waals surface area contributed by atoms with E-state index in [1.807, 2.05) is 0 Å². The predicted octanol–water partition coefficient (Wildman–Crippen LogP) is 2.46. The molecule has 1 N–H and O–H groups in total. The number of nitro benzene ring substituents is 1. The molecule has 0 radical (unpaired) electrons. The molecule has 1 fully saturated rings. The number of ether oxygens (including phenoxy) is 3. The van der Waals surface area contributed by atoms with E-state index in [4.69, 9.17) is 14.2 Å². The maximum Gasteiger partial charge on any atom is 0.311 e. The van der Waals surface area contributed by atoms with Crippen LogP contribution in [0.4, 0.5) is 17.1 Å². The fraction of sp³-hybridized carbons (Fsp3) is 0.318. The van der Waals surface area contributed by atoms with Crippen LogP contribution < -0.4 is 19.7 Å². The maximum absolute atomic E-state index is 12.4. The molecule has 0 bridgehead atoms. The van der Waals surface area contributed by atoms with E-state index in [9.17, 15) is 24.5 Å². The molecule has 2 aromatic carbocycles. The van der Waals surface area contributed by atoms with Gasteiger partial charge in [-0.25, -0.2) is 0 Å². The molecule has 1 saturated heterocycles. The minimum Gasteiger partial charge on any atom is -0.497 e. The van der Waals surface area contributed by atoms with Crippen LogP contribution in [0.5, 0.6) is 11.5 Å². The number of methoxy groups -OCH3 is 2. The van der Waals surface area contributed by atoms with Crippen molar-refractivity contribution in [2.24, 2.45) is 5.92 Å². The predicted molar refractivity (Wildman–Crippen MR) is 117 cm³/mol. The molecule has 0 saturated carbocycles. The van der Waals surface area contributed by atoms with Gasteiger partial charge in [0, 0.05) is 30.7 Å². The first-order valence-corrected chi connectivity index (χ1v) is 9.97. The van der Waals surface area contributed by atoms with Gasteiger partial charge < -0.3 is 24.4 Å². The zero-order valence-electron chi connectivity index (χ0n) is 18.3. The van der Waals surface area contributed by atoms with Gasteiger partial charge in [-0.1, -0.05) is 6.07 Å². The Morgan fingerprint density at radius 3 is 2.61 bits per heavy atom. The molecule has 0 aromatic heterocycles. The first-order chi connectivity index (χ1) is 15.7. The summed E-state index contributed by atoms with van der Waals surface area (Å²) in [5.41, 5.74) is 1.03. The van der Waals surface area contributed by atoms with Gasteiger partial charge in [0.15, 0.2) is 6.61 Å². The second-order valence-corrected chi connectivity index (χ2v) is 7.36. The van der Waals surface area contributed by atoms with Crippen LogP contribution in [-0.4, -0.2) is 50.1 Å². The molecule has 0 spiro atoms. The summed E-state index contributed by atoms with van der Waals surface area (Å²) in [5.74, 6) is -1.55. The largest absolute Gasteiger partial charge is 0.497 e. The van der Waals surface area contributed by atoms with Crippen molar-refractivity contribution in [1.82, 2.24) is 0 Å². The van der Waals surface area contributed by atoms with Gasteiger partial charge in [0.05, 0.1) is 36.4 Å². The van der Waals surface area contributed by atoms with E-state index < -0.39 is 29.3 Å². The zero-order valence-corrected chi connectivity index (χ0v) is 18.3. The molecular weight excluding hydrogens is 434 g/mol. The lowest BCUT2D eigenvalue weighted by Gasteiger charge is -2.17. The Hall–Kier alpha value is -4.15. The number of nitrogens with zero attached hydrogens (tertiary/aromatic N) is 2. The average molecular weight is 457 g/mol. The molecule has 1 aliphatic heterocycles. The lowest BCUT2D eigenvalue weighted by Crippen LogP contribution is -2.28. The summed E-state index contributed by atoms with van der Waals surface area (Å²) in [6.07, 6.45) is -0.119. The highest BCUT2D eigenvalue weighted by atomic mass is 16.6. The summed E-state index contributed by atoms with van der Waals surface area (Å²) in [6, 6.07) is 9.28. The lowest BCUT2D eigenvalue weighted by molar-refractivity contribution is -0.385. The number of carbonyl (C=O) groups is 3. The van der Waals surface area contributed by atoms with Crippen LogP contribution in [-0.2, 0) is 19.1 Å². The molecule has 0 aliphatic carbocycles. The number of nitrogens with one attached hydrogen (secondary N) is 1. The molecule has 0 unspecified atom stereocenters. The topological polar surface area (TPSA) is 137 Å². The van der Waals surface area contributed by atoms with E-state index in [0.717, 1.165) is 0 Å². The van der Waals surface area contributed by atoms with Crippen LogP contribution in [0.25, 0.3) is 0 Å². The molecule has 11 nitrogen and oxygen atoms in total. The van der Waals surface area contributed by atoms with E-state index in [1.165, 1.54) is 25.2 Å². The Kier molecular flexibility index (Phi) is 7.11. The van der Waals surface area contributed by atoms with Crippen molar-refractivity contribution in [1.29, 1.82) is 0 Å². The molecule has 1 heterocycles. The highest BCUT2D eigenvalue weighted by molar-refractivity contribution is 6.00. The Morgan fingerprint density at radius 1 is 1.18 bits per heavy atom. The number of nitro groups is 1. The van der Waals surface area contributed by atoms with Crippen LogP contribution in [0.15, 0.2) is 36.4 Å². The normalized spacial score (nSPS) is 15.2. The second kappa shape index (κ2) is 9.98. The van der Waals surface area contributed by atoms with Gasteiger partial charge in [0.25, 0.3) is 11.6 Å². The Morgan fingerprint density at radius 2 is 1.94 bits per heavy atom. The molecule has 33 heavy (non-hydrogen) atoms. The monoisotopic (exact) mass is 457 g/mol. The minimum absolute atomic E-state index is 0.00318. The van der Waals surface area contributed by atoms with Crippen molar-refractivity contribution < 1.29 is 33.5 Å². The summed E-state index contributed by atoms with van der Waals surface area (Å²) in [5, 5.41) is 13.8. The Labute approximate surface area is 189 Å². The van der Waals surface area contributed by atoms with E-state index in [0.29, 0.717) is 28.4 Å². The highest BCUT2D eigenvalue weighted by Gasteiger charge is 2.37. The lowest BCUT2D eigenvalue weighted by atomic mass is 10.1. The highest BCUT2D eigenvalue weighted by Crippen LogP contribution is 2.31. The van der Waals surface area contributed by atoms with Crippen molar-refractivity contribution in [3.63, 3.8) is 0 Å². The van der Waals surface area contributed by atoms with Crippen molar-refractivity contribution in [3.8, 4) is 11.5 Å². The maximum atomic E-state index is 12.4. The summed E-state index contributed by atoms with van der Waals surface area (Å²) in [4.78, 5) is 49.1. The number of carbonyl (C=O) groups excluding carboxylic acids is 3. The van der Waals surface area contributed by atoms with Gasteiger partial charge in [-0.15, -0.1) is 0 Å². The zero-order chi connectivity index (χ0) is 24.1. The molecule has 11 heteroatoms. The van der Waals surface area contributed by atoms with Gasteiger partial charge >= 0.3 is 5.97 Å². The number of benzene rings is 2. The van der Waals surface area contributed by atoms with E-state index in [2.05, 4.69) is 5.32 Å². The number of hydrogen-bond donors (Lipinski definition) is 1. The third kappa shape index (κ3) is 5.37. The van der Waals surface area contributed by atoms with Gasteiger partial charge in [0.1, 0.15) is 11.5 Å². The SMILES string of the molecule is COc1ccc(OC)c(NC(=O)COC(=O)[C@@H]2CC(=O)N(c3ccc(C)c([N+](=O)[O-])c3)C2)c1. The average Bonchev–Trinajstić information content (AvgIpc) is 3.19. The quantitative estimate of drug-likeness (QED) is 0.363. The summed E-state index contributed by atoms with van der Waals surface area (Å²) < 4.78 is 15.4. The standard InChI is InChI=1S/C22H23N3O8/c1-13-4-5-15(9-18(13)25(29)30)24-11-14(8-21(24)27)22(28)33-12-20(26)23-17-10-16(31-2)6-7-19(17)32-3/h4-7,9-10,14H,8,11-12H2,1-3H3,(H,23,26)/t14-/m1/s1. The summed E-state index contributed by atoms with van der Waals surface area (Å²) in [6.45, 7) is 1.04. The molecule has 1 aliphatic rings. The summed E-state index contributed by atoms with van der Waals surface area (Å²) >= 11 is 0. The van der Waals surface area contributed by atoms with E-state index >= 15 is 0 Å². The third-order valence-corrected chi connectivity index (χ3v) is 5.19. The van der Waals surface area contributed by atoms with Crippen molar-refractivity contribution in [2.75, 3.05) is 37.6 Å².